The Morgan fingerprint density at radius 1 is 0.871 bits per heavy atom. The highest BCUT2D eigenvalue weighted by Crippen LogP contribution is 2.25. The molecule has 0 aromatic heterocycles. The van der Waals surface area contributed by atoms with Crippen LogP contribution in [0.25, 0.3) is 0 Å². The summed E-state index contributed by atoms with van der Waals surface area (Å²) in [5.41, 5.74) is 0. The maximum atomic E-state index is 12.7. The first kappa shape index (κ1) is 29.9. The molecule has 0 amide bonds. The van der Waals surface area contributed by atoms with E-state index < -0.39 is 34.1 Å². The quantitative estimate of drug-likeness (QED) is 0.0970. The largest absolute Gasteiger partial charge is 0.451 e. The van der Waals surface area contributed by atoms with Crippen LogP contribution in [0.15, 0.2) is 12.2 Å². The summed E-state index contributed by atoms with van der Waals surface area (Å²) < 4.78 is 72.1. The highest BCUT2D eigenvalue weighted by atomic mass is 32.2. The van der Waals surface area contributed by atoms with E-state index in [4.69, 9.17) is 4.55 Å². The molecule has 5 nitrogen and oxygen atoms in total. The van der Waals surface area contributed by atoms with E-state index >= 15 is 0 Å². The molecule has 0 aromatic carbocycles. The third-order valence-electron chi connectivity index (χ3n) is 4.89. The Hall–Kier alpha value is -1.09. The van der Waals surface area contributed by atoms with Crippen molar-refractivity contribution in [3.8, 4) is 0 Å². The molecule has 0 spiro atoms. The number of hydrogen-bond acceptors (Lipinski definition) is 4. The number of allylic oxidation sites excluding steroid dienone is 2. The van der Waals surface area contributed by atoms with Crippen LogP contribution in [-0.2, 0) is 19.6 Å². The highest BCUT2D eigenvalue weighted by molar-refractivity contribution is 7.85. The van der Waals surface area contributed by atoms with Gasteiger partial charge in [0.25, 0.3) is 10.1 Å². The fraction of sp³-hybridized carbons (Fsp3) is 0.864. The van der Waals surface area contributed by atoms with Gasteiger partial charge >= 0.3 is 12.1 Å². The molecule has 0 bridgehead atoms. The third kappa shape index (κ3) is 20.6. The summed E-state index contributed by atoms with van der Waals surface area (Å²) in [6, 6.07) is 0. The van der Waals surface area contributed by atoms with Gasteiger partial charge in [0.1, 0.15) is 5.75 Å². The maximum Gasteiger partial charge on any atom is 0.426 e. The van der Waals surface area contributed by atoms with Crippen LogP contribution in [0.1, 0.15) is 103 Å². The van der Waals surface area contributed by atoms with E-state index in [1.165, 1.54) is 38.5 Å². The fourth-order valence-electron chi connectivity index (χ4n) is 3.12. The molecule has 1 atom stereocenters. The van der Waals surface area contributed by atoms with Crippen molar-refractivity contribution in [3.63, 3.8) is 0 Å². The lowest BCUT2D eigenvalue weighted by Crippen LogP contribution is -2.39. The van der Waals surface area contributed by atoms with Gasteiger partial charge < -0.3 is 4.74 Å². The zero-order chi connectivity index (χ0) is 23.6. The molecule has 0 saturated carbocycles. The van der Waals surface area contributed by atoms with Crippen molar-refractivity contribution < 1.29 is 35.7 Å². The Bertz CT molecular complexity index is 588. The van der Waals surface area contributed by atoms with Gasteiger partial charge in [-0.2, -0.15) is 21.6 Å². The van der Waals surface area contributed by atoms with Gasteiger partial charge in [-0.25, -0.2) is 0 Å². The van der Waals surface area contributed by atoms with Crippen molar-refractivity contribution in [1.29, 1.82) is 0 Å². The molecule has 0 rings (SSSR count). The van der Waals surface area contributed by atoms with E-state index in [2.05, 4.69) is 23.8 Å². The number of rotatable bonds is 19. The van der Waals surface area contributed by atoms with Gasteiger partial charge in [0.15, 0.2) is 0 Å². The summed E-state index contributed by atoms with van der Waals surface area (Å²) in [7, 11) is -4.91. The first-order valence-corrected chi connectivity index (χ1v) is 13.0. The van der Waals surface area contributed by atoms with Crippen LogP contribution in [0.5, 0.6) is 0 Å². The Kier molecular flexibility index (Phi) is 16.8. The second-order valence-corrected chi connectivity index (χ2v) is 9.45. The van der Waals surface area contributed by atoms with Gasteiger partial charge in [-0.15, -0.1) is 0 Å². The van der Waals surface area contributed by atoms with E-state index in [1.54, 1.807) is 0 Å². The standard InChI is InChI=1S/C22H39F3O5S/c1-2-3-4-5-6-7-8-9-10-11-12-13-14-15-16-17-18-21(26)30-20(22(23,24)25)19-31(27,28)29/h9-10,20H,2-8,11-19H2,1H3,(H,27,28,29)/b10-9+. The highest BCUT2D eigenvalue weighted by Gasteiger charge is 2.45. The van der Waals surface area contributed by atoms with E-state index in [9.17, 15) is 26.4 Å². The van der Waals surface area contributed by atoms with Crippen LogP contribution in [-0.4, -0.2) is 37.0 Å². The molecule has 0 fully saturated rings. The van der Waals surface area contributed by atoms with Crippen molar-refractivity contribution in [2.75, 3.05) is 5.75 Å². The minimum Gasteiger partial charge on any atom is -0.451 e. The number of halogens is 3. The zero-order valence-corrected chi connectivity index (χ0v) is 19.5. The molecule has 1 unspecified atom stereocenters. The van der Waals surface area contributed by atoms with Gasteiger partial charge in [-0.05, 0) is 32.1 Å². The van der Waals surface area contributed by atoms with E-state index in [1.807, 2.05) is 0 Å². The first-order chi connectivity index (χ1) is 14.6. The van der Waals surface area contributed by atoms with E-state index in [0.717, 1.165) is 38.5 Å². The second-order valence-electron chi connectivity index (χ2n) is 7.96. The Morgan fingerprint density at radius 2 is 1.32 bits per heavy atom. The van der Waals surface area contributed by atoms with Crippen LogP contribution in [0.4, 0.5) is 13.2 Å². The van der Waals surface area contributed by atoms with E-state index in [-0.39, 0.29) is 6.42 Å². The molecule has 0 saturated heterocycles. The Balaban J connectivity index is 3.67. The summed E-state index contributed by atoms with van der Waals surface area (Å²) in [6.45, 7) is 2.22. The van der Waals surface area contributed by atoms with Gasteiger partial charge in [0, 0.05) is 6.42 Å². The summed E-state index contributed by atoms with van der Waals surface area (Å²) in [6.07, 6.45) is 11.5. The Morgan fingerprint density at radius 3 is 1.77 bits per heavy atom. The van der Waals surface area contributed by atoms with Crippen LogP contribution in [0.3, 0.4) is 0 Å². The van der Waals surface area contributed by atoms with Crippen molar-refractivity contribution in [2.45, 2.75) is 116 Å². The molecule has 0 heterocycles. The van der Waals surface area contributed by atoms with Crippen LogP contribution < -0.4 is 0 Å². The maximum absolute atomic E-state index is 12.7. The monoisotopic (exact) mass is 472 g/mol. The van der Waals surface area contributed by atoms with Crippen LogP contribution in [0, 0.1) is 0 Å². The molecule has 1 N–H and O–H groups in total. The minimum absolute atomic E-state index is 0.209. The number of carbonyl (C=O) groups excluding carboxylic acids is 1. The zero-order valence-electron chi connectivity index (χ0n) is 18.7. The van der Waals surface area contributed by atoms with Crippen LogP contribution >= 0.6 is 0 Å². The summed E-state index contributed by atoms with van der Waals surface area (Å²) in [4.78, 5) is 11.5. The molecule has 9 heteroatoms. The van der Waals surface area contributed by atoms with Gasteiger partial charge in [-0.3, -0.25) is 9.35 Å². The number of ether oxygens (including phenoxy) is 1. The molecule has 31 heavy (non-hydrogen) atoms. The molecule has 0 aliphatic heterocycles. The van der Waals surface area contributed by atoms with Gasteiger partial charge in [0.05, 0.1) is 0 Å². The number of alkyl halides is 3. The van der Waals surface area contributed by atoms with Crippen LogP contribution in [0.2, 0.25) is 0 Å². The summed E-state index contributed by atoms with van der Waals surface area (Å²) in [5, 5.41) is 0. The van der Waals surface area contributed by atoms with Crippen molar-refractivity contribution in [2.24, 2.45) is 0 Å². The number of unbranched alkanes of at least 4 members (excludes halogenated alkanes) is 12. The van der Waals surface area contributed by atoms with Crippen molar-refractivity contribution in [1.82, 2.24) is 0 Å². The number of carbonyl (C=O) groups is 1. The number of esters is 1. The lowest BCUT2D eigenvalue weighted by atomic mass is 10.1. The average Bonchev–Trinajstić information content (AvgIpc) is 2.65. The summed E-state index contributed by atoms with van der Waals surface area (Å²) >= 11 is 0. The topological polar surface area (TPSA) is 80.7 Å². The average molecular weight is 473 g/mol. The fourth-order valence-corrected chi connectivity index (χ4v) is 3.76. The second kappa shape index (κ2) is 17.5. The first-order valence-electron chi connectivity index (χ1n) is 11.4. The smallest absolute Gasteiger partial charge is 0.426 e. The molecule has 0 radical (unpaired) electrons. The third-order valence-corrected chi connectivity index (χ3v) is 5.62. The molecular weight excluding hydrogens is 433 g/mol. The normalized spacial score (nSPS) is 13.6. The van der Waals surface area contributed by atoms with E-state index in [0.29, 0.717) is 12.8 Å². The molecule has 0 aliphatic rings. The van der Waals surface area contributed by atoms with Gasteiger partial charge in [-0.1, -0.05) is 76.9 Å². The molecular formula is C22H39F3O5S. The molecule has 184 valence electrons. The number of hydrogen-bond donors (Lipinski definition) is 1. The van der Waals surface area contributed by atoms with Crippen molar-refractivity contribution in [3.05, 3.63) is 12.2 Å². The SMILES string of the molecule is CCCCCCCC/C=C/CCCCCCCCC(=O)OC(CS(=O)(=O)O)C(F)(F)F. The predicted octanol–water partition coefficient (Wildman–Crippen LogP) is 6.78. The van der Waals surface area contributed by atoms with Crippen molar-refractivity contribution >= 4 is 16.1 Å². The summed E-state index contributed by atoms with van der Waals surface area (Å²) in [5.74, 6) is -2.79. The minimum atomic E-state index is -5.05. The lowest BCUT2D eigenvalue weighted by Gasteiger charge is -2.19. The molecule has 0 aliphatic carbocycles. The predicted molar refractivity (Wildman–Crippen MR) is 116 cm³/mol. The van der Waals surface area contributed by atoms with Gasteiger partial charge in [0.2, 0.25) is 6.10 Å². The Labute approximate surface area is 185 Å². The lowest BCUT2D eigenvalue weighted by molar-refractivity contribution is -0.215. The molecule has 0 aromatic rings.